The molecular formula is C11H14FNO. The maximum absolute atomic E-state index is 12.7. The van der Waals surface area contributed by atoms with Gasteiger partial charge in [-0.3, -0.25) is 0 Å². The smallest absolute Gasteiger partial charge is 0.126 e. The third-order valence-electron chi connectivity index (χ3n) is 1.63. The van der Waals surface area contributed by atoms with Gasteiger partial charge < -0.3 is 10.1 Å². The number of hydrogen-bond donors (Lipinski definition) is 1. The van der Waals surface area contributed by atoms with Crippen LogP contribution in [0.4, 0.5) is 4.39 Å². The summed E-state index contributed by atoms with van der Waals surface area (Å²) < 4.78 is 18.0. The summed E-state index contributed by atoms with van der Waals surface area (Å²) in [6.45, 7) is 5.58. The summed E-state index contributed by atoms with van der Waals surface area (Å²) in [4.78, 5) is 0. The number of nitrogens with one attached hydrogen (secondary N) is 1. The van der Waals surface area contributed by atoms with E-state index in [1.165, 1.54) is 12.1 Å². The van der Waals surface area contributed by atoms with Gasteiger partial charge in [-0.15, -0.1) is 6.58 Å². The highest BCUT2D eigenvalue weighted by Crippen LogP contribution is 2.11. The van der Waals surface area contributed by atoms with Crippen LogP contribution in [0.5, 0.6) is 5.75 Å². The van der Waals surface area contributed by atoms with Crippen molar-refractivity contribution in [3.05, 3.63) is 42.7 Å². The van der Waals surface area contributed by atoms with Gasteiger partial charge in [-0.25, -0.2) is 4.39 Å². The molecule has 0 saturated heterocycles. The number of hydrogen-bond acceptors (Lipinski definition) is 2. The van der Waals surface area contributed by atoms with E-state index in [4.69, 9.17) is 4.74 Å². The molecule has 0 spiro atoms. The molecule has 1 aromatic carbocycles. The first-order chi connectivity index (χ1) is 6.83. The van der Waals surface area contributed by atoms with Crippen LogP contribution in [0, 0.1) is 5.82 Å². The lowest BCUT2D eigenvalue weighted by Gasteiger charge is -2.05. The van der Waals surface area contributed by atoms with Gasteiger partial charge in [-0.2, -0.15) is 0 Å². The minimum absolute atomic E-state index is 0.276. The molecule has 0 bridgehead atoms. The molecule has 1 rings (SSSR count). The number of rotatable bonds is 6. The van der Waals surface area contributed by atoms with Gasteiger partial charge in [0, 0.05) is 19.2 Å². The summed E-state index contributed by atoms with van der Waals surface area (Å²) in [7, 11) is 0. The van der Waals surface area contributed by atoms with E-state index < -0.39 is 0 Å². The molecule has 0 aliphatic heterocycles. The fraction of sp³-hybridized carbons (Fsp3) is 0.273. The van der Waals surface area contributed by atoms with Crippen molar-refractivity contribution in [2.24, 2.45) is 0 Å². The highest BCUT2D eigenvalue weighted by atomic mass is 19.1. The van der Waals surface area contributed by atoms with Gasteiger partial charge in [0.05, 0.1) is 0 Å². The Hall–Kier alpha value is -1.35. The lowest BCUT2D eigenvalue weighted by Crippen LogP contribution is -2.20. The van der Waals surface area contributed by atoms with Crippen molar-refractivity contribution >= 4 is 0 Å². The molecule has 0 aromatic heterocycles. The topological polar surface area (TPSA) is 21.3 Å². The largest absolute Gasteiger partial charge is 0.492 e. The van der Waals surface area contributed by atoms with Crippen LogP contribution >= 0.6 is 0 Å². The van der Waals surface area contributed by atoms with E-state index in [2.05, 4.69) is 11.9 Å². The van der Waals surface area contributed by atoms with Gasteiger partial charge in [-0.05, 0) is 12.1 Å². The predicted octanol–water partition coefficient (Wildman–Crippen LogP) is 1.98. The minimum atomic E-state index is -0.276. The van der Waals surface area contributed by atoms with Crippen LogP contribution in [0.15, 0.2) is 36.9 Å². The molecular weight excluding hydrogens is 181 g/mol. The normalized spacial score (nSPS) is 9.79. The molecule has 0 fully saturated rings. The Balaban J connectivity index is 2.21. The number of ether oxygens (including phenoxy) is 1. The Kier molecular flexibility index (Phi) is 4.72. The summed E-state index contributed by atoms with van der Waals surface area (Å²) in [5, 5.41) is 3.08. The highest BCUT2D eigenvalue weighted by molar-refractivity contribution is 5.22. The summed E-state index contributed by atoms with van der Waals surface area (Å²) in [5.74, 6) is 0.284. The average Bonchev–Trinajstić information content (AvgIpc) is 2.18. The van der Waals surface area contributed by atoms with Crippen molar-refractivity contribution in [1.29, 1.82) is 0 Å². The molecule has 0 saturated carbocycles. The Morgan fingerprint density at radius 1 is 1.50 bits per heavy atom. The Morgan fingerprint density at radius 2 is 2.36 bits per heavy atom. The zero-order valence-electron chi connectivity index (χ0n) is 8.00. The van der Waals surface area contributed by atoms with Gasteiger partial charge in [0.25, 0.3) is 0 Å². The quantitative estimate of drug-likeness (QED) is 0.553. The average molecular weight is 195 g/mol. The fourth-order valence-electron chi connectivity index (χ4n) is 1.00. The third kappa shape index (κ3) is 4.05. The molecule has 2 nitrogen and oxygen atoms in total. The SMILES string of the molecule is C=CCNCCOc1cccc(F)c1. The number of halogens is 1. The Bertz CT molecular complexity index is 288. The molecule has 1 N–H and O–H groups in total. The lowest BCUT2D eigenvalue weighted by atomic mass is 10.3. The van der Waals surface area contributed by atoms with Crippen LogP contribution in [0.2, 0.25) is 0 Å². The molecule has 0 amide bonds. The first kappa shape index (κ1) is 10.7. The molecule has 0 unspecified atom stereocenters. The Morgan fingerprint density at radius 3 is 3.07 bits per heavy atom. The van der Waals surface area contributed by atoms with E-state index in [1.807, 2.05) is 0 Å². The van der Waals surface area contributed by atoms with Gasteiger partial charge in [-0.1, -0.05) is 12.1 Å². The zero-order chi connectivity index (χ0) is 10.2. The zero-order valence-corrected chi connectivity index (χ0v) is 8.00. The van der Waals surface area contributed by atoms with Crippen LogP contribution in [-0.4, -0.2) is 19.7 Å². The van der Waals surface area contributed by atoms with Gasteiger partial charge in [0.1, 0.15) is 18.2 Å². The van der Waals surface area contributed by atoms with Crippen molar-refractivity contribution in [2.75, 3.05) is 19.7 Å². The minimum Gasteiger partial charge on any atom is -0.492 e. The maximum atomic E-state index is 12.7. The van der Waals surface area contributed by atoms with E-state index in [9.17, 15) is 4.39 Å². The van der Waals surface area contributed by atoms with E-state index in [-0.39, 0.29) is 5.82 Å². The second-order valence-corrected chi connectivity index (χ2v) is 2.80. The van der Waals surface area contributed by atoms with Crippen LogP contribution in [0.3, 0.4) is 0 Å². The summed E-state index contributed by atoms with van der Waals surface area (Å²) in [5.41, 5.74) is 0. The second-order valence-electron chi connectivity index (χ2n) is 2.80. The van der Waals surface area contributed by atoms with E-state index in [0.29, 0.717) is 12.4 Å². The molecule has 0 aliphatic rings. The monoisotopic (exact) mass is 195 g/mol. The standard InChI is InChI=1S/C11H14FNO/c1-2-6-13-7-8-14-11-5-3-4-10(12)9-11/h2-5,9,13H,1,6-8H2. The van der Waals surface area contributed by atoms with Crippen molar-refractivity contribution in [3.63, 3.8) is 0 Å². The molecule has 14 heavy (non-hydrogen) atoms. The van der Waals surface area contributed by atoms with Gasteiger partial charge in [0.15, 0.2) is 0 Å². The summed E-state index contributed by atoms with van der Waals surface area (Å²) in [6, 6.07) is 6.12. The number of benzene rings is 1. The molecule has 76 valence electrons. The van der Waals surface area contributed by atoms with Crippen LogP contribution in [-0.2, 0) is 0 Å². The van der Waals surface area contributed by atoms with Crippen molar-refractivity contribution in [1.82, 2.24) is 5.32 Å². The Labute approximate surface area is 83.4 Å². The fourth-order valence-corrected chi connectivity index (χ4v) is 1.00. The highest BCUT2D eigenvalue weighted by Gasteiger charge is 1.94. The summed E-state index contributed by atoms with van der Waals surface area (Å²) in [6.07, 6.45) is 1.78. The van der Waals surface area contributed by atoms with Crippen molar-refractivity contribution in [2.45, 2.75) is 0 Å². The van der Waals surface area contributed by atoms with Gasteiger partial charge in [0.2, 0.25) is 0 Å². The van der Waals surface area contributed by atoms with Crippen molar-refractivity contribution < 1.29 is 9.13 Å². The van der Waals surface area contributed by atoms with Crippen LogP contribution < -0.4 is 10.1 Å². The summed E-state index contributed by atoms with van der Waals surface area (Å²) >= 11 is 0. The predicted molar refractivity (Wildman–Crippen MR) is 55.0 cm³/mol. The molecule has 0 radical (unpaired) electrons. The van der Waals surface area contributed by atoms with E-state index >= 15 is 0 Å². The molecule has 0 aliphatic carbocycles. The molecule has 0 heterocycles. The lowest BCUT2D eigenvalue weighted by molar-refractivity contribution is 0.315. The van der Waals surface area contributed by atoms with Crippen LogP contribution in [0.1, 0.15) is 0 Å². The third-order valence-corrected chi connectivity index (χ3v) is 1.63. The van der Waals surface area contributed by atoms with Crippen LogP contribution in [0.25, 0.3) is 0 Å². The second kappa shape index (κ2) is 6.16. The van der Waals surface area contributed by atoms with Gasteiger partial charge >= 0.3 is 0 Å². The van der Waals surface area contributed by atoms with E-state index in [0.717, 1.165) is 13.1 Å². The first-order valence-corrected chi connectivity index (χ1v) is 4.53. The van der Waals surface area contributed by atoms with Crippen molar-refractivity contribution in [3.8, 4) is 5.75 Å². The molecule has 0 atom stereocenters. The van der Waals surface area contributed by atoms with E-state index in [1.54, 1.807) is 18.2 Å². The maximum Gasteiger partial charge on any atom is 0.126 e. The molecule has 3 heteroatoms. The first-order valence-electron chi connectivity index (χ1n) is 4.53. The molecule has 1 aromatic rings.